The smallest absolute Gasteiger partial charge is 0.404 e. The van der Waals surface area contributed by atoms with E-state index in [2.05, 4.69) is 9.72 Å². The summed E-state index contributed by atoms with van der Waals surface area (Å²) in [6, 6.07) is 12.6. The first-order valence-electron chi connectivity index (χ1n) is 7.67. The van der Waals surface area contributed by atoms with E-state index in [1.807, 2.05) is 5.43 Å². The number of sulfonamides is 1. The molecule has 3 aromatic rings. The zero-order chi connectivity index (χ0) is 20.4. The number of halogens is 3. The number of rotatable bonds is 5. The number of aromatic nitrogens is 1. The molecule has 0 aliphatic heterocycles. The van der Waals surface area contributed by atoms with E-state index in [9.17, 15) is 26.4 Å². The van der Waals surface area contributed by atoms with Crippen LogP contribution in [0.15, 0.2) is 65.7 Å². The predicted octanol–water partition coefficient (Wildman–Crippen LogP) is 2.76. The number of amides is 1. The summed E-state index contributed by atoms with van der Waals surface area (Å²) in [5.41, 5.74) is 2.63. The van der Waals surface area contributed by atoms with Crippen molar-refractivity contribution >= 4 is 26.8 Å². The summed E-state index contributed by atoms with van der Waals surface area (Å²) in [5, 5.41) is 0.655. The van der Waals surface area contributed by atoms with Gasteiger partial charge in [-0.25, -0.2) is 8.42 Å². The average molecular weight is 411 g/mol. The maximum Gasteiger partial charge on any atom is 0.573 e. The van der Waals surface area contributed by atoms with Gasteiger partial charge in [0.15, 0.2) is 0 Å². The van der Waals surface area contributed by atoms with Crippen molar-refractivity contribution < 1.29 is 31.1 Å². The van der Waals surface area contributed by atoms with Gasteiger partial charge in [-0.2, -0.15) is 0 Å². The van der Waals surface area contributed by atoms with Crippen LogP contribution in [-0.4, -0.2) is 25.7 Å². The number of nitrogens with zero attached hydrogens (tertiary/aromatic N) is 1. The molecule has 0 saturated heterocycles. The number of benzene rings is 2. The maximum absolute atomic E-state index is 12.5. The van der Waals surface area contributed by atoms with Crippen molar-refractivity contribution in [2.75, 3.05) is 0 Å². The van der Waals surface area contributed by atoms with Crippen LogP contribution in [0, 0.1) is 0 Å². The van der Waals surface area contributed by atoms with E-state index in [4.69, 9.17) is 0 Å². The third-order valence-electron chi connectivity index (χ3n) is 3.52. The summed E-state index contributed by atoms with van der Waals surface area (Å²) in [6.07, 6.45) is -3.84. The number of alkyl halides is 3. The highest BCUT2D eigenvalue weighted by molar-refractivity contribution is 7.89. The summed E-state index contributed by atoms with van der Waals surface area (Å²) in [4.78, 5) is 17.2. The Morgan fingerprint density at radius 1 is 1.04 bits per heavy atom. The zero-order valence-corrected chi connectivity index (χ0v) is 14.7. The quantitative estimate of drug-likeness (QED) is 0.630. The Balaban J connectivity index is 1.78. The Kier molecular flexibility index (Phi) is 5.21. The Morgan fingerprint density at radius 2 is 1.71 bits per heavy atom. The van der Waals surface area contributed by atoms with Crippen molar-refractivity contribution in [2.24, 2.45) is 0 Å². The van der Waals surface area contributed by atoms with Gasteiger partial charge in [-0.3, -0.25) is 15.2 Å². The lowest BCUT2D eigenvalue weighted by molar-refractivity contribution is -0.275. The molecular weight excluding hydrogens is 399 g/mol. The van der Waals surface area contributed by atoms with Gasteiger partial charge in [-0.15, -0.1) is 18.0 Å². The van der Waals surface area contributed by atoms with Gasteiger partial charge in [0, 0.05) is 11.6 Å². The van der Waals surface area contributed by atoms with Crippen LogP contribution in [0.1, 0.15) is 10.4 Å². The van der Waals surface area contributed by atoms with Crippen LogP contribution in [0.25, 0.3) is 10.9 Å². The molecule has 3 rings (SSSR count). The number of nitrogens with one attached hydrogen (secondary N) is 2. The van der Waals surface area contributed by atoms with E-state index in [1.54, 1.807) is 29.1 Å². The standard InChI is InChI=1S/C17H12F3N3O4S/c18-17(19,20)27-14-7-3-4-8-15(14)28(25,26)23-22-16(24)12-9-11-5-1-2-6-13(11)21-10-12/h1-10,23H,(H,22,24). The van der Waals surface area contributed by atoms with Gasteiger partial charge in [-0.1, -0.05) is 30.3 Å². The van der Waals surface area contributed by atoms with Gasteiger partial charge in [0.05, 0.1) is 11.1 Å². The summed E-state index contributed by atoms with van der Waals surface area (Å²) < 4.78 is 65.7. The van der Waals surface area contributed by atoms with Crippen LogP contribution in [0.3, 0.4) is 0 Å². The van der Waals surface area contributed by atoms with Crippen LogP contribution in [0.5, 0.6) is 5.75 Å². The number of carbonyl (C=O) groups excluding carboxylic acids is 1. The predicted molar refractivity (Wildman–Crippen MR) is 92.7 cm³/mol. The molecule has 0 atom stereocenters. The molecule has 0 saturated carbocycles. The molecule has 0 aliphatic rings. The fourth-order valence-corrected chi connectivity index (χ4v) is 3.29. The van der Waals surface area contributed by atoms with Crippen LogP contribution in [0.2, 0.25) is 0 Å². The highest BCUT2D eigenvalue weighted by Gasteiger charge is 2.34. The fourth-order valence-electron chi connectivity index (χ4n) is 2.32. The highest BCUT2D eigenvalue weighted by Crippen LogP contribution is 2.29. The second-order valence-corrected chi connectivity index (χ2v) is 7.12. The SMILES string of the molecule is O=C(NNS(=O)(=O)c1ccccc1OC(F)(F)F)c1cnc2ccccc2c1. The minimum Gasteiger partial charge on any atom is -0.404 e. The number of hydrogen-bond acceptors (Lipinski definition) is 5. The number of carbonyl (C=O) groups is 1. The van der Waals surface area contributed by atoms with Crippen LogP contribution >= 0.6 is 0 Å². The molecule has 0 radical (unpaired) electrons. The maximum atomic E-state index is 12.5. The van der Waals surface area contributed by atoms with Gasteiger partial charge in [0.2, 0.25) is 0 Å². The number of hydrazine groups is 1. The number of hydrogen-bond donors (Lipinski definition) is 2. The first-order valence-corrected chi connectivity index (χ1v) is 9.16. The fraction of sp³-hybridized carbons (Fsp3) is 0.0588. The van der Waals surface area contributed by atoms with Gasteiger partial charge < -0.3 is 4.74 Å². The van der Waals surface area contributed by atoms with Crippen molar-refractivity contribution in [2.45, 2.75) is 11.3 Å². The largest absolute Gasteiger partial charge is 0.573 e. The van der Waals surface area contributed by atoms with Crippen LogP contribution in [-0.2, 0) is 10.0 Å². The first kappa shape index (κ1) is 19.6. The number of pyridine rings is 1. The summed E-state index contributed by atoms with van der Waals surface area (Å²) in [7, 11) is -4.54. The normalized spacial score (nSPS) is 12.0. The lowest BCUT2D eigenvalue weighted by Gasteiger charge is -2.14. The lowest BCUT2D eigenvalue weighted by atomic mass is 10.1. The van der Waals surface area contributed by atoms with E-state index < -0.39 is 32.9 Å². The highest BCUT2D eigenvalue weighted by atomic mass is 32.2. The van der Waals surface area contributed by atoms with E-state index in [1.165, 1.54) is 24.4 Å². The van der Waals surface area contributed by atoms with Crippen LogP contribution < -0.4 is 15.0 Å². The van der Waals surface area contributed by atoms with E-state index in [0.29, 0.717) is 10.9 Å². The minimum absolute atomic E-state index is 0.0567. The Bertz CT molecular complexity index is 1130. The van der Waals surface area contributed by atoms with Gasteiger partial charge in [-0.05, 0) is 24.3 Å². The Hall–Kier alpha value is -3.18. The summed E-state index contributed by atoms with van der Waals surface area (Å²) in [6.45, 7) is 0. The van der Waals surface area contributed by atoms with Gasteiger partial charge in [0.1, 0.15) is 10.6 Å². The number of fused-ring (bicyclic) bond motifs is 1. The molecule has 0 unspecified atom stereocenters. The van der Waals surface area contributed by atoms with Crippen molar-refractivity contribution in [1.82, 2.24) is 15.2 Å². The number of ether oxygens (including phenoxy) is 1. The van der Waals surface area contributed by atoms with Crippen LogP contribution in [0.4, 0.5) is 13.2 Å². The van der Waals surface area contributed by atoms with Gasteiger partial charge in [0.25, 0.3) is 15.9 Å². The molecular formula is C17H12F3N3O4S. The van der Waals surface area contributed by atoms with Crippen molar-refractivity contribution in [3.8, 4) is 5.75 Å². The molecule has 1 aromatic heterocycles. The molecule has 0 aliphatic carbocycles. The molecule has 0 spiro atoms. The molecule has 0 bridgehead atoms. The molecule has 2 aromatic carbocycles. The van der Waals surface area contributed by atoms with E-state index >= 15 is 0 Å². The molecule has 2 N–H and O–H groups in total. The monoisotopic (exact) mass is 411 g/mol. The first-order chi connectivity index (χ1) is 13.2. The average Bonchev–Trinajstić information content (AvgIpc) is 2.65. The van der Waals surface area contributed by atoms with Crippen molar-refractivity contribution in [1.29, 1.82) is 0 Å². The van der Waals surface area contributed by atoms with Gasteiger partial charge >= 0.3 is 6.36 Å². The Morgan fingerprint density at radius 3 is 2.46 bits per heavy atom. The second-order valence-electron chi connectivity index (χ2n) is 5.47. The Labute approximate surface area is 157 Å². The third-order valence-corrected chi connectivity index (χ3v) is 4.80. The molecule has 1 amide bonds. The topological polar surface area (TPSA) is 97.4 Å². The van der Waals surface area contributed by atoms with Crippen molar-refractivity contribution in [3.63, 3.8) is 0 Å². The number of para-hydroxylation sites is 2. The molecule has 146 valence electrons. The lowest BCUT2D eigenvalue weighted by Crippen LogP contribution is -2.41. The molecule has 0 fully saturated rings. The zero-order valence-electron chi connectivity index (χ0n) is 13.9. The summed E-state index contributed by atoms with van der Waals surface area (Å²) in [5.74, 6) is -1.76. The van der Waals surface area contributed by atoms with E-state index in [-0.39, 0.29) is 5.56 Å². The summed E-state index contributed by atoms with van der Waals surface area (Å²) >= 11 is 0. The van der Waals surface area contributed by atoms with E-state index in [0.717, 1.165) is 12.1 Å². The molecule has 28 heavy (non-hydrogen) atoms. The molecule has 1 heterocycles. The third kappa shape index (κ3) is 4.56. The molecule has 7 nitrogen and oxygen atoms in total. The minimum atomic E-state index is -5.08. The second kappa shape index (κ2) is 7.44. The van der Waals surface area contributed by atoms with Crippen molar-refractivity contribution in [3.05, 3.63) is 66.4 Å². The molecule has 11 heteroatoms.